The Morgan fingerprint density at radius 2 is 2.26 bits per heavy atom. The SMILES string of the molecule is O=[N+]([O-])c1cccc(-c2nc3c(s2)NCCCC3)c1. The maximum absolute atomic E-state index is 10.8. The highest BCUT2D eigenvalue weighted by Gasteiger charge is 2.16. The van der Waals surface area contributed by atoms with Crippen molar-refractivity contribution in [2.75, 3.05) is 11.9 Å². The van der Waals surface area contributed by atoms with Crippen LogP contribution in [0.4, 0.5) is 10.7 Å². The lowest BCUT2D eigenvalue weighted by Crippen LogP contribution is -1.96. The van der Waals surface area contributed by atoms with Crippen LogP contribution in [0.5, 0.6) is 0 Å². The lowest BCUT2D eigenvalue weighted by Gasteiger charge is -1.98. The van der Waals surface area contributed by atoms with Crippen LogP contribution in [0.1, 0.15) is 18.5 Å². The number of aromatic nitrogens is 1. The molecule has 6 heteroatoms. The number of nitro groups is 1. The lowest BCUT2D eigenvalue weighted by molar-refractivity contribution is -0.384. The Morgan fingerprint density at radius 1 is 1.37 bits per heavy atom. The van der Waals surface area contributed by atoms with Crippen LogP contribution in [0.25, 0.3) is 10.6 Å². The molecule has 1 aromatic heterocycles. The first-order valence-electron chi connectivity index (χ1n) is 6.22. The molecule has 1 aliphatic heterocycles. The third kappa shape index (κ3) is 2.44. The predicted molar refractivity (Wildman–Crippen MR) is 75.6 cm³/mol. The fraction of sp³-hybridized carbons (Fsp3) is 0.308. The van der Waals surface area contributed by atoms with Crippen molar-refractivity contribution in [1.82, 2.24) is 4.98 Å². The van der Waals surface area contributed by atoms with Crippen LogP contribution in [0.3, 0.4) is 0 Å². The molecule has 0 bridgehead atoms. The standard InChI is InChI=1S/C13H13N3O2S/c17-16(18)10-5-3-4-9(8-10)12-15-11-6-1-2-7-14-13(11)19-12/h3-5,8,14H,1-2,6-7H2. The van der Waals surface area contributed by atoms with Gasteiger partial charge >= 0.3 is 0 Å². The van der Waals surface area contributed by atoms with Crippen molar-refractivity contribution in [2.45, 2.75) is 19.3 Å². The zero-order chi connectivity index (χ0) is 13.2. The molecule has 2 heterocycles. The van der Waals surface area contributed by atoms with E-state index in [0.29, 0.717) is 0 Å². The van der Waals surface area contributed by atoms with Crippen LogP contribution in [0.2, 0.25) is 0 Å². The molecule has 0 saturated carbocycles. The molecule has 98 valence electrons. The van der Waals surface area contributed by atoms with E-state index in [4.69, 9.17) is 0 Å². The van der Waals surface area contributed by atoms with Crippen LogP contribution >= 0.6 is 11.3 Å². The van der Waals surface area contributed by atoms with Gasteiger partial charge in [-0.05, 0) is 19.3 Å². The second-order valence-electron chi connectivity index (χ2n) is 4.49. The maximum Gasteiger partial charge on any atom is 0.270 e. The van der Waals surface area contributed by atoms with Gasteiger partial charge in [0.05, 0.1) is 10.6 Å². The van der Waals surface area contributed by atoms with Gasteiger partial charge in [-0.1, -0.05) is 23.5 Å². The van der Waals surface area contributed by atoms with Crippen LogP contribution in [0, 0.1) is 10.1 Å². The number of benzene rings is 1. The van der Waals surface area contributed by atoms with E-state index in [2.05, 4.69) is 10.3 Å². The maximum atomic E-state index is 10.8. The third-order valence-electron chi connectivity index (χ3n) is 3.13. The number of anilines is 1. The van der Waals surface area contributed by atoms with E-state index in [-0.39, 0.29) is 10.6 Å². The molecule has 2 aromatic rings. The van der Waals surface area contributed by atoms with E-state index in [0.717, 1.165) is 47.1 Å². The fourth-order valence-corrected chi connectivity index (χ4v) is 3.19. The summed E-state index contributed by atoms with van der Waals surface area (Å²) in [7, 11) is 0. The molecule has 0 spiro atoms. The summed E-state index contributed by atoms with van der Waals surface area (Å²) in [4.78, 5) is 15.0. The first kappa shape index (κ1) is 12.1. The average molecular weight is 275 g/mol. The summed E-state index contributed by atoms with van der Waals surface area (Å²) >= 11 is 1.58. The first-order valence-corrected chi connectivity index (χ1v) is 7.04. The molecule has 1 aromatic carbocycles. The van der Waals surface area contributed by atoms with E-state index in [1.165, 1.54) is 6.07 Å². The third-order valence-corrected chi connectivity index (χ3v) is 4.23. The Labute approximate surface area is 114 Å². The normalized spacial score (nSPS) is 14.3. The van der Waals surface area contributed by atoms with Gasteiger partial charge in [-0.2, -0.15) is 0 Å². The van der Waals surface area contributed by atoms with Crippen LogP contribution < -0.4 is 5.32 Å². The summed E-state index contributed by atoms with van der Waals surface area (Å²) < 4.78 is 0. The molecule has 0 amide bonds. The molecule has 0 unspecified atom stereocenters. The largest absolute Gasteiger partial charge is 0.375 e. The Kier molecular flexibility index (Phi) is 3.16. The Morgan fingerprint density at radius 3 is 3.11 bits per heavy atom. The van der Waals surface area contributed by atoms with Crippen LogP contribution in [0.15, 0.2) is 24.3 Å². The number of thiazole rings is 1. The number of hydrogen-bond donors (Lipinski definition) is 1. The molecule has 1 aliphatic rings. The predicted octanol–water partition coefficient (Wildman–Crippen LogP) is 3.47. The van der Waals surface area contributed by atoms with E-state index in [1.54, 1.807) is 23.5 Å². The molecular weight excluding hydrogens is 262 g/mol. The van der Waals surface area contributed by atoms with Gasteiger partial charge in [-0.25, -0.2) is 4.98 Å². The molecule has 0 atom stereocenters. The van der Waals surface area contributed by atoms with Gasteiger partial charge in [0.25, 0.3) is 5.69 Å². The quantitative estimate of drug-likeness (QED) is 0.673. The molecule has 5 nitrogen and oxygen atoms in total. The Hall–Kier alpha value is -1.95. The van der Waals surface area contributed by atoms with Gasteiger partial charge in [0.2, 0.25) is 0 Å². The molecule has 1 N–H and O–H groups in total. The van der Waals surface area contributed by atoms with Crippen molar-refractivity contribution in [3.8, 4) is 10.6 Å². The van der Waals surface area contributed by atoms with Gasteiger partial charge in [0, 0.05) is 24.2 Å². The second kappa shape index (κ2) is 4.97. The van der Waals surface area contributed by atoms with Gasteiger partial charge in [0.15, 0.2) is 0 Å². The molecular formula is C13H13N3O2S. The monoisotopic (exact) mass is 275 g/mol. The average Bonchev–Trinajstić information content (AvgIpc) is 2.70. The second-order valence-corrected chi connectivity index (χ2v) is 5.49. The number of aryl methyl sites for hydroxylation is 1. The van der Waals surface area contributed by atoms with Crippen molar-refractivity contribution in [1.29, 1.82) is 0 Å². The Balaban J connectivity index is 1.98. The summed E-state index contributed by atoms with van der Waals surface area (Å²) in [6.45, 7) is 0.976. The molecule has 0 fully saturated rings. The zero-order valence-corrected chi connectivity index (χ0v) is 11.1. The number of nitrogens with zero attached hydrogens (tertiary/aromatic N) is 2. The number of nitro benzene ring substituents is 1. The minimum Gasteiger partial charge on any atom is -0.375 e. The zero-order valence-electron chi connectivity index (χ0n) is 10.3. The van der Waals surface area contributed by atoms with Gasteiger partial charge < -0.3 is 5.32 Å². The number of rotatable bonds is 2. The summed E-state index contributed by atoms with van der Waals surface area (Å²) in [5, 5.41) is 16.1. The summed E-state index contributed by atoms with van der Waals surface area (Å²) in [6.07, 6.45) is 3.28. The molecule has 19 heavy (non-hydrogen) atoms. The minimum absolute atomic E-state index is 0.107. The van der Waals surface area contributed by atoms with Crippen molar-refractivity contribution in [3.63, 3.8) is 0 Å². The van der Waals surface area contributed by atoms with Crippen molar-refractivity contribution < 1.29 is 4.92 Å². The first-order chi connectivity index (χ1) is 9.24. The van der Waals surface area contributed by atoms with Crippen molar-refractivity contribution in [3.05, 3.63) is 40.1 Å². The van der Waals surface area contributed by atoms with Crippen molar-refractivity contribution >= 4 is 22.0 Å². The lowest BCUT2D eigenvalue weighted by atomic mass is 10.2. The van der Waals surface area contributed by atoms with Gasteiger partial charge in [0.1, 0.15) is 10.0 Å². The highest BCUT2D eigenvalue weighted by molar-refractivity contribution is 7.19. The van der Waals surface area contributed by atoms with Crippen LogP contribution in [-0.4, -0.2) is 16.5 Å². The van der Waals surface area contributed by atoms with E-state index >= 15 is 0 Å². The molecule has 0 aliphatic carbocycles. The number of non-ortho nitro benzene ring substituents is 1. The van der Waals surface area contributed by atoms with Gasteiger partial charge in [-0.3, -0.25) is 10.1 Å². The van der Waals surface area contributed by atoms with Crippen molar-refractivity contribution in [2.24, 2.45) is 0 Å². The smallest absolute Gasteiger partial charge is 0.270 e. The molecule has 0 radical (unpaired) electrons. The van der Waals surface area contributed by atoms with E-state index in [9.17, 15) is 10.1 Å². The fourth-order valence-electron chi connectivity index (χ4n) is 2.15. The molecule has 0 saturated heterocycles. The number of hydrogen-bond acceptors (Lipinski definition) is 5. The molecule has 3 rings (SSSR count). The number of nitrogens with one attached hydrogen (secondary N) is 1. The van der Waals surface area contributed by atoms with E-state index in [1.807, 2.05) is 6.07 Å². The highest BCUT2D eigenvalue weighted by Crippen LogP contribution is 2.35. The minimum atomic E-state index is -0.375. The number of fused-ring (bicyclic) bond motifs is 1. The van der Waals surface area contributed by atoms with Gasteiger partial charge in [-0.15, -0.1) is 0 Å². The van der Waals surface area contributed by atoms with Crippen LogP contribution in [-0.2, 0) is 6.42 Å². The van der Waals surface area contributed by atoms with E-state index < -0.39 is 0 Å². The summed E-state index contributed by atoms with van der Waals surface area (Å²) in [5.74, 6) is 0. The Bertz CT molecular complexity index is 601. The summed E-state index contributed by atoms with van der Waals surface area (Å²) in [5.41, 5.74) is 2.01. The summed E-state index contributed by atoms with van der Waals surface area (Å²) in [6, 6.07) is 6.65. The highest BCUT2D eigenvalue weighted by atomic mass is 32.1. The topological polar surface area (TPSA) is 68.1 Å².